The molecule has 1 N–H and O–H groups in total. The van der Waals surface area contributed by atoms with E-state index < -0.39 is 5.97 Å². The fourth-order valence-corrected chi connectivity index (χ4v) is 2.47. The Balaban J connectivity index is 1.95. The number of ether oxygens (including phenoxy) is 5. The highest BCUT2D eigenvalue weighted by Crippen LogP contribution is 2.38. The second-order valence-electron chi connectivity index (χ2n) is 5.62. The number of hydrogen-bond donors (Lipinski definition) is 1. The molecule has 0 heterocycles. The van der Waals surface area contributed by atoms with E-state index in [1.54, 1.807) is 30.3 Å². The van der Waals surface area contributed by atoms with Gasteiger partial charge in [-0.2, -0.15) is 0 Å². The number of esters is 1. The van der Waals surface area contributed by atoms with Gasteiger partial charge in [-0.15, -0.1) is 0 Å². The highest BCUT2D eigenvalue weighted by Gasteiger charge is 2.14. The molecule has 2 aromatic rings. The van der Waals surface area contributed by atoms with E-state index in [9.17, 15) is 9.59 Å². The molecule has 0 aromatic heterocycles. The van der Waals surface area contributed by atoms with E-state index >= 15 is 0 Å². The molecule has 0 unspecified atom stereocenters. The normalized spacial score (nSPS) is 10.0. The Bertz CT molecular complexity index is 810. The predicted molar refractivity (Wildman–Crippen MR) is 101 cm³/mol. The maximum atomic E-state index is 12.1. The Hall–Kier alpha value is -3.42. The molecule has 150 valence electrons. The van der Waals surface area contributed by atoms with Crippen molar-refractivity contribution in [2.45, 2.75) is 6.54 Å². The Morgan fingerprint density at radius 1 is 0.929 bits per heavy atom. The number of nitrogens with one attached hydrogen (secondary N) is 1. The molecule has 0 spiro atoms. The highest BCUT2D eigenvalue weighted by atomic mass is 16.5. The molecule has 8 heteroatoms. The molecule has 0 radical (unpaired) electrons. The molecule has 28 heavy (non-hydrogen) atoms. The van der Waals surface area contributed by atoms with Crippen LogP contribution in [0.1, 0.15) is 15.9 Å². The third-order valence-electron chi connectivity index (χ3n) is 3.84. The van der Waals surface area contributed by atoms with Gasteiger partial charge in [-0.05, 0) is 35.9 Å². The van der Waals surface area contributed by atoms with E-state index in [2.05, 4.69) is 10.1 Å². The van der Waals surface area contributed by atoms with Crippen LogP contribution in [0.2, 0.25) is 0 Å². The van der Waals surface area contributed by atoms with Gasteiger partial charge in [-0.3, -0.25) is 4.79 Å². The predicted octanol–water partition coefficient (Wildman–Crippen LogP) is 2.19. The lowest BCUT2D eigenvalue weighted by atomic mass is 10.1. The van der Waals surface area contributed by atoms with E-state index in [0.29, 0.717) is 28.6 Å². The fraction of sp³-hybridized carbons (Fsp3) is 0.300. The number of carbonyl (C=O) groups is 2. The molecule has 8 nitrogen and oxygen atoms in total. The van der Waals surface area contributed by atoms with Crippen molar-refractivity contribution in [1.82, 2.24) is 5.32 Å². The van der Waals surface area contributed by atoms with Crippen molar-refractivity contribution in [2.75, 3.05) is 35.0 Å². The summed E-state index contributed by atoms with van der Waals surface area (Å²) < 4.78 is 25.9. The molecular weight excluding hydrogens is 366 g/mol. The van der Waals surface area contributed by atoms with Crippen molar-refractivity contribution < 1.29 is 33.3 Å². The molecule has 2 aromatic carbocycles. The van der Waals surface area contributed by atoms with Crippen molar-refractivity contribution in [3.8, 4) is 23.0 Å². The number of rotatable bonds is 9. The summed E-state index contributed by atoms with van der Waals surface area (Å²) in [7, 11) is 5.87. The van der Waals surface area contributed by atoms with Gasteiger partial charge in [0.25, 0.3) is 5.91 Å². The van der Waals surface area contributed by atoms with Crippen LogP contribution in [0.25, 0.3) is 0 Å². The number of hydrogen-bond acceptors (Lipinski definition) is 7. The summed E-state index contributed by atoms with van der Waals surface area (Å²) in [5.74, 6) is 1.08. The lowest BCUT2D eigenvalue weighted by Crippen LogP contribution is -2.28. The topological polar surface area (TPSA) is 92.3 Å². The monoisotopic (exact) mass is 389 g/mol. The summed E-state index contributed by atoms with van der Waals surface area (Å²) in [6.07, 6.45) is 0. The van der Waals surface area contributed by atoms with Gasteiger partial charge in [-0.25, -0.2) is 4.79 Å². The van der Waals surface area contributed by atoms with Crippen molar-refractivity contribution in [1.29, 1.82) is 0 Å². The van der Waals surface area contributed by atoms with Crippen molar-refractivity contribution in [3.05, 3.63) is 47.5 Å². The van der Waals surface area contributed by atoms with Crippen LogP contribution in [0, 0.1) is 0 Å². The summed E-state index contributed by atoms with van der Waals surface area (Å²) in [5, 5.41) is 2.75. The van der Waals surface area contributed by atoms with Gasteiger partial charge in [0.1, 0.15) is 5.75 Å². The Labute approximate surface area is 163 Å². The third kappa shape index (κ3) is 5.29. The minimum absolute atomic E-state index is 0.199. The molecule has 0 saturated carbocycles. The first kappa shape index (κ1) is 20.9. The lowest BCUT2D eigenvalue weighted by Gasteiger charge is -2.14. The SMILES string of the molecule is COC(=O)c1cccc(OCC(=O)NCc2cc(OC)c(OC)c(OC)c2)c1. The van der Waals surface area contributed by atoms with Gasteiger partial charge in [0.05, 0.1) is 34.0 Å². The summed E-state index contributed by atoms with van der Waals surface area (Å²) in [4.78, 5) is 23.6. The average Bonchev–Trinajstić information content (AvgIpc) is 2.74. The molecule has 0 saturated heterocycles. The van der Waals surface area contributed by atoms with Crippen molar-refractivity contribution >= 4 is 11.9 Å². The fourth-order valence-electron chi connectivity index (χ4n) is 2.47. The molecule has 2 rings (SSSR count). The Morgan fingerprint density at radius 3 is 2.18 bits per heavy atom. The molecule has 0 atom stereocenters. The van der Waals surface area contributed by atoms with Crippen LogP contribution < -0.4 is 24.3 Å². The molecule has 1 amide bonds. The quantitative estimate of drug-likeness (QED) is 0.657. The number of amides is 1. The van der Waals surface area contributed by atoms with Crippen LogP contribution in [0.15, 0.2) is 36.4 Å². The zero-order valence-electron chi connectivity index (χ0n) is 16.2. The van der Waals surface area contributed by atoms with E-state index in [0.717, 1.165) is 5.56 Å². The van der Waals surface area contributed by atoms with E-state index in [-0.39, 0.29) is 19.1 Å². The zero-order valence-corrected chi connectivity index (χ0v) is 16.2. The molecule has 0 aliphatic rings. The maximum absolute atomic E-state index is 12.1. The number of benzene rings is 2. The van der Waals surface area contributed by atoms with Gasteiger partial charge >= 0.3 is 5.97 Å². The minimum Gasteiger partial charge on any atom is -0.493 e. The zero-order chi connectivity index (χ0) is 20.5. The van der Waals surface area contributed by atoms with Crippen LogP contribution >= 0.6 is 0 Å². The second kappa shape index (κ2) is 10.1. The molecule has 0 bridgehead atoms. The largest absolute Gasteiger partial charge is 0.493 e. The van der Waals surface area contributed by atoms with E-state index in [4.69, 9.17) is 18.9 Å². The van der Waals surface area contributed by atoms with Crippen LogP contribution in [-0.2, 0) is 16.1 Å². The first-order chi connectivity index (χ1) is 13.5. The summed E-state index contributed by atoms with van der Waals surface area (Å²) in [5.41, 5.74) is 1.12. The van der Waals surface area contributed by atoms with Crippen LogP contribution in [0.5, 0.6) is 23.0 Å². The lowest BCUT2D eigenvalue weighted by molar-refractivity contribution is -0.123. The van der Waals surface area contributed by atoms with E-state index in [1.807, 2.05) is 0 Å². The number of carbonyl (C=O) groups excluding carboxylic acids is 2. The molecule has 0 aliphatic heterocycles. The standard InChI is InChI=1S/C20H23NO7/c1-24-16-8-13(9-17(25-2)19(16)26-3)11-21-18(22)12-28-15-7-5-6-14(10-15)20(23)27-4/h5-10H,11-12H2,1-4H3,(H,21,22). The van der Waals surface area contributed by atoms with Crippen LogP contribution in [0.4, 0.5) is 0 Å². The van der Waals surface area contributed by atoms with Crippen molar-refractivity contribution in [3.63, 3.8) is 0 Å². The van der Waals surface area contributed by atoms with Crippen LogP contribution in [0.3, 0.4) is 0 Å². The maximum Gasteiger partial charge on any atom is 0.337 e. The minimum atomic E-state index is -0.475. The van der Waals surface area contributed by atoms with Gasteiger partial charge in [0, 0.05) is 6.54 Å². The van der Waals surface area contributed by atoms with Gasteiger partial charge in [-0.1, -0.05) is 6.07 Å². The highest BCUT2D eigenvalue weighted by molar-refractivity contribution is 5.89. The number of methoxy groups -OCH3 is 4. The van der Waals surface area contributed by atoms with E-state index in [1.165, 1.54) is 34.5 Å². The summed E-state index contributed by atoms with van der Waals surface area (Å²) in [6.45, 7) is 0.0517. The second-order valence-corrected chi connectivity index (χ2v) is 5.62. The summed E-state index contributed by atoms with van der Waals surface area (Å²) in [6, 6.07) is 9.92. The smallest absolute Gasteiger partial charge is 0.337 e. The first-order valence-electron chi connectivity index (χ1n) is 8.39. The van der Waals surface area contributed by atoms with Gasteiger partial charge < -0.3 is 29.0 Å². The summed E-state index contributed by atoms with van der Waals surface area (Å²) >= 11 is 0. The van der Waals surface area contributed by atoms with Crippen molar-refractivity contribution in [2.24, 2.45) is 0 Å². The van der Waals surface area contributed by atoms with Gasteiger partial charge in [0.15, 0.2) is 18.1 Å². The first-order valence-corrected chi connectivity index (χ1v) is 8.39. The molecule has 0 aliphatic carbocycles. The average molecular weight is 389 g/mol. The van der Waals surface area contributed by atoms with Crippen LogP contribution in [-0.4, -0.2) is 46.9 Å². The molecular formula is C20H23NO7. The third-order valence-corrected chi connectivity index (χ3v) is 3.84. The molecule has 0 fully saturated rings. The Kier molecular flexibility index (Phi) is 7.50. The van der Waals surface area contributed by atoms with Gasteiger partial charge in [0.2, 0.25) is 5.75 Å². The Morgan fingerprint density at radius 2 is 1.61 bits per heavy atom.